The van der Waals surface area contributed by atoms with Crippen molar-refractivity contribution < 1.29 is 4.74 Å². The molecule has 108 valence electrons. The highest BCUT2D eigenvalue weighted by atomic mass is 16.5. The fourth-order valence-electron chi connectivity index (χ4n) is 2.62. The van der Waals surface area contributed by atoms with Crippen LogP contribution in [0.3, 0.4) is 0 Å². The summed E-state index contributed by atoms with van der Waals surface area (Å²) in [7, 11) is 1.71. The number of hydrogen-bond acceptors (Lipinski definition) is 5. The second kappa shape index (κ2) is 6.43. The highest BCUT2D eigenvalue weighted by Crippen LogP contribution is 2.50. The maximum atomic E-state index is 5.04. The van der Waals surface area contributed by atoms with Crippen molar-refractivity contribution in [2.75, 3.05) is 20.3 Å². The molecule has 0 radical (unpaired) electrons. The minimum absolute atomic E-state index is 0.155. The molecule has 1 aromatic rings. The normalized spacial score (nSPS) is 18.5. The number of tetrazole rings is 1. The average Bonchev–Trinajstić information content (AvgIpc) is 2.98. The third kappa shape index (κ3) is 3.73. The molecule has 0 amide bonds. The van der Waals surface area contributed by atoms with Crippen LogP contribution in [0.2, 0.25) is 0 Å². The van der Waals surface area contributed by atoms with Crippen LogP contribution in [0.5, 0.6) is 0 Å². The first-order chi connectivity index (χ1) is 9.21. The molecule has 1 unspecified atom stereocenters. The summed E-state index contributed by atoms with van der Waals surface area (Å²) < 4.78 is 7.02. The molecule has 6 nitrogen and oxygen atoms in total. The van der Waals surface area contributed by atoms with Crippen molar-refractivity contribution in [1.82, 2.24) is 25.5 Å². The van der Waals surface area contributed by atoms with E-state index in [0.29, 0.717) is 12.0 Å². The van der Waals surface area contributed by atoms with Crippen molar-refractivity contribution in [2.24, 2.45) is 5.41 Å². The van der Waals surface area contributed by atoms with E-state index in [9.17, 15) is 0 Å². The van der Waals surface area contributed by atoms with Gasteiger partial charge in [-0.05, 0) is 42.0 Å². The molecule has 1 N–H and O–H groups in total. The monoisotopic (exact) mass is 267 g/mol. The lowest BCUT2D eigenvalue weighted by Gasteiger charge is -2.17. The summed E-state index contributed by atoms with van der Waals surface area (Å²) in [4.78, 5) is 0. The third-order valence-electron chi connectivity index (χ3n) is 3.93. The first-order valence-electron chi connectivity index (χ1n) is 7.19. The van der Waals surface area contributed by atoms with Crippen molar-refractivity contribution in [3.63, 3.8) is 0 Å². The van der Waals surface area contributed by atoms with E-state index in [2.05, 4.69) is 34.7 Å². The summed E-state index contributed by atoms with van der Waals surface area (Å²) in [5.74, 6) is 0.929. The Bertz CT molecular complexity index is 388. The highest BCUT2D eigenvalue weighted by molar-refractivity contribution is 4.96. The van der Waals surface area contributed by atoms with Gasteiger partial charge in [-0.2, -0.15) is 0 Å². The number of nitrogens with one attached hydrogen (secondary N) is 1. The molecule has 19 heavy (non-hydrogen) atoms. The molecule has 1 saturated carbocycles. The van der Waals surface area contributed by atoms with E-state index in [-0.39, 0.29) is 6.04 Å². The van der Waals surface area contributed by atoms with Crippen LogP contribution in [0.25, 0.3) is 0 Å². The van der Waals surface area contributed by atoms with Gasteiger partial charge in [0.05, 0.1) is 19.2 Å². The number of ether oxygens (including phenoxy) is 1. The van der Waals surface area contributed by atoms with Crippen LogP contribution in [-0.4, -0.2) is 40.5 Å². The predicted octanol–water partition coefficient (Wildman–Crippen LogP) is 1.55. The lowest BCUT2D eigenvalue weighted by Crippen LogP contribution is -2.27. The van der Waals surface area contributed by atoms with Gasteiger partial charge in [0.1, 0.15) is 0 Å². The Morgan fingerprint density at radius 3 is 2.89 bits per heavy atom. The first-order valence-corrected chi connectivity index (χ1v) is 7.19. The molecule has 1 atom stereocenters. The Hall–Kier alpha value is -1.01. The Labute approximate surface area is 114 Å². The summed E-state index contributed by atoms with van der Waals surface area (Å²) >= 11 is 0. The topological polar surface area (TPSA) is 64.9 Å². The number of rotatable bonds is 9. The number of methoxy groups -OCH3 is 1. The van der Waals surface area contributed by atoms with Gasteiger partial charge in [-0.1, -0.05) is 13.3 Å². The zero-order chi connectivity index (χ0) is 13.7. The smallest absolute Gasteiger partial charge is 0.167 e. The van der Waals surface area contributed by atoms with Crippen LogP contribution in [-0.2, 0) is 11.3 Å². The predicted molar refractivity (Wildman–Crippen MR) is 72.7 cm³/mol. The van der Waals surface area contributed by atoms with Gasteiger partial charge in [0.15, 0.2) is 5.82 Å². The van der Waals surface area contributed by atoms with E-state index in [0.717, 1.165) is 18.9 Å². The van der Waals surface area contributed by atoms with Crippen molar-refractivity contribution in [1.29, 1.82) is 0 Å². The number of nitrogens with zero attached hydrogens (tertiary/aromatic N) is 4. The maximum Gasteiger partial charge on any atom is 0.167 e. The van der Waals surface area contributed by atoms with Crippen LogP contribution in [0.1, 0.15) is 51.4 Å². The first kappa shape index (κ1) is 14.4. The van der Waals surface area contributed by atoms with Gasteiger partial charge in [-0.15, -0.1) is 5.10 Å². The van der Waals surface area contributed by atoms with Gasteiger partial charge >= 0.3 is 0 Å². The zero-order valence-electron chi connectivity index (χ0n) is 12.2. The largest absolute Gasteiger partial charge is 0.383 e. The molecule has 1 heterocycles. The minimum Gasteiger partial charge on any atom is -0.383 e. The average molecular weight is 267 g/mol. The van der Waals surface area contributed by atoms with E-state index in [1.54, 1.807) is 7.11 Å². The zero-order valence-corrected chi connectivity index (χ0v) is 12.2. The molecule has 1 fully saturated rings. The molecular formula is C13H25N5O. The Kier molecular flexibility index (Phi) is 4.87. The molecule has 1 aromatic heterocycles. The molecule has 6 heteroatoms. The van der Waals surface area contributed by atoms with Crippen molar-refractivity contribution in [3.05, 3.63) is 5.82 Å². The summed E-state index contributed by atoms with van der Waals surface area (Å²) in [6.45, 7) is 6.81. The fourth-order valence-corrected chi connectivity index (χ4v) is 2.62. The van der Waals surface area contributed by atoms with Crippen molar-refractivity contribution in [3.8, 4) is 0 Å². The van der Waals surface area contributed by atoms with Crippen LogP contribution >= 0.6 is 0 Å². The Morgan fingerprint density at radius 2 is 2.26 bits per heavy atom. The summed E-state index contributed by atoms with van der Waals surface area (Å²) in [5, 5.41) is 15.5. The van der Waals surface area contributed by atoms with Gasteiger partial charge in [0, 0.05) is 13.7 Å². The molecule has 0 aromatic carbocycles. The van der Waals surface area contributed by atoms with Gasteiger partial charge < -0.3 is 10.1 Å². The fraction of sp³-hybridized carbons (Fsp3) is 0.923. The van der Waals surface area contributed by atoms with E-state index in [1.807, 2.05) is 4.68 Å². The van der Waals surface area contributed by atoms with Crippen LogP contribution in [0.4, 0.5) is 0 Å². The Morgan fingerprint density at radius 1 is 1.47 bits per heavy atom. The highest BCUT2D eigenvalue weighted by Gasteiger charge is 2.42. The molecule has 0 saturated heterocycles. The van der Waals surface area contributed by atoms with Crippen molar-refractivity contribution in [2.45, 2.75) is 52.1 Å². The summed E-state index contributed by atoms with van der Waals surface area (Å²) in [6.07, 6.45) is 5.13. The molecule has 1 aliphatic carbocycles. The van der Waals surface area contributed by atoms with Crippen LogP contribution in [0, 0.1) is 5.41 Å². The molecule has 2 rings (SSSR count). The molecular weight excluding hydrogens is 242 g/mol. The SMILES string of the molecule is CCCC1(Cn2nnnc2C(C)NCCOC)CC1. The lowest BCUT2D eigenvalue weighted by atomic mass is 10.0. The van der Waals surface area contributed by atoms with Gasteiger partial charge in [-0.3, -0.25) is 0 Å². The second-order valence-corrected chi connectivity index (χ2v) is 5.61. The third-order valence-corrected chi connectivity index (χ3v) is 3.93. The van der Waals surface area contributed by atoms with E-state index in [4.69, 9.17) is 4.74 Å². The Balaban J connectivity index is 1.93. The standard InChI is InChI=1S/C13H25N5O/c1-4-5-13(6-7-13)10-18-12(15-16-17-18)11(2)14-8-9-19-3/h11,14H,4-10H2,1-3H3. The molecule has 0 bridgehead atoms. The second-order valence-electron chi connectivity index (χ2n) is 5.61. The summed E-state index contributed by atoms with van der Waals surface area (Å²) in [5.41, 5.74) is 0.463. The van der Waals surface area contributed by atoms with Crippen molar-refractivity contribution >= 4 is 0 Å². The minimum atomic E-state index is 0.155. The molecule has 0 spiro atoms. The van der Waals surface area contributed by atoms with E-state index >= 15 is 0 Å². The summed E-state index contributed by atoms with van der Waals surface area (Å²) in [6, 6.07) is 0.155. The quantitative estimate of drug-likeness (QED) is 0.688. The van der Waals surface area contributed by atoms with Crippen LogP contribution < -0.4 is 5.32 Å². The number of aromatic nitrogens is 4. The maximum absolute atomic E-state index is 5.04. The molecule has 0 aliphatic heterocycles. The van der Waals surface area contributed by atoms with E-state index in [1.165, 1.54) is 25.7 Å². The molecule has 1 aliphatic rings. The van der Waals surface area contributed by atoms with Gasteiger partial charge in [0.2, 0.25) is 0 Å². The van der Waals surface area contributed by atoms with Crippen LogP contribution in [0.15, 0.2) is 0 Å². The number of hydrogen-bond donors (Lipinski definition) is 1. The van der Waals surface area contributed by atoms with E-state index < -0.39 is 0 Å². The lowest BCUT2D eigenvalue weighted by molar-refractivity contribution is 0.195. The van der Waals surface area contributed by atoms with Gasteiger partial charge in [0.25, 0.3) is 0 Å². The van der Waals surface area contributed by atoms with Gasteiger partial charge in [-0.25, -0.2) is 4.68 Å².